The zero-order chi connectivity index (χ0) is 21.1. The van der Waals surface area contributed by atoms with Gasteiger partial charge in [0.2, 0.25) is 6.17 Å². The first-order valence-corrected chi connectivity index (χ1v) is 10.2. The molecule has 31 heavy (non-hydrogen) atoms. The maximum absolute atomic E-state index is 6.73. The molecule has 1 atom stereocenters. The number of benzene rings is 2. The highest BCUT2D eigenvalue weighted by molar-refractivity contribution is 6.30. The lowest BCUT2D eigenvalue weighted by molar-refractivity contribution is -0.674. The third kappa shape index (κ3) is 2.69. The molecule has 4 N–H and O–H groups in total. The van der Waals surface area contributed by atoms with Crippen LogP contribution in [0.2, 0.25) is 5.15 Å². The summed E-state index contributed by atoms with van der Waals surface area (Å²) in [6, 6.07) is 19.9. The third-order valence-corrected chi connectivity index (χ3v) is 5.82. The molecule has 4 heterocycles. The van der Waals surface area contributed by atoms with E-state index in [4.69, 9.17) is 27.4 Å². The number of para-hydroxylation sites is 3. The van der Waals surface area contributed by atoms with Gasteiger partial charge in [0.1, 0.15) is 16.2 Å². The number of H-pyrrole nitrogens is 1. The molecule has 0 unspecified atom stereocenters. The monoisotopic (exact) mass is 429 g/mol. The minimum atomic E-state index is -0.462. The summed E-state index contributed by atoms with van der Waals surface area (Å²) in [4.78, 5) is 12.7. The van der Waals surface area contributed by atoms with Gasteiger partial charge in [-0.05, 0) is 37.3 Å². The molecule has 5 aromatic rings. The lowest BCUT2D eigenvalue weighted by Gasteiger charge is -2.19. The second kappa shape index (κ2) is 6.55. The van der Waals surface area contributed by atoms with Gasteiger partial charge in [-0.2, -0.15) is 10.1 Å². The van der Waals surface area contributed by atoms with E-state index in [1.54, 1.807) is 0 Å². The highest BCUT2D eigenvalue weighted by Gasteiger charge is 2.33. The highest BCUT2D eigenvalue weighted by atomic mass is 35.5. The molecule has 152 valence electrons. The summed E-state index contributed by atoms with van der Waals surface area (Å²) in [5.41, 5.74) is 11.3. The van der Waals surface area contributed by atoms with Crippen molar-refractivity contribution in [3.63, 3.8) is 0 Å². The summed E-state index contributed by atoms with van der Waals surface area (Å²) in [5, 5.41) is 9.07. The molecule has 0 aliphatic carbocycles. The fraction of sp³-hybridized carbons (Fsp3) is 0.0909. The summed E-state index contributed by atoms with van der Waals surface area (Å²) in [6.45, 7) is 1.96. The molecule has 2 aromatic carbocycles. The Kier molecular flexibility index (Phi) is 3.78. The molecule has 0 saturated heterocycles. The molecular weight excluding hydrogens is 412 g/mol. The zero-order valence-corrected chi connectivity index (χ0v) is 17.3. The molecule has 1 aliphatic rings. The number of nitrogens with two attached hydrogens (primary N) is 1. The van der Waals surface area contributed by atoms with Crippen LogP contribution in [0.5, 0.6) is 0 Å². The predicted molar refractivity (Wildman–Crippen MR) is 120 cm³/mol. The molecule has 8 nitrogen and oxygen atoms in total. The Hall–Kier alpha value is -3.91. The van der Waals surface area contributed by atoms with Gasteiger partial charge in [0.25, 0.3) is 5.96 Å². The van der Waals surface area contributed by atoms with Gasteiger partial charge in [0, 0.05) is 5.39 Å². The van der Waals surface area contributed by atoms with E-state index in [0.717, 1.165) is 39.3 Å². The van der Waals surface area contributed by atoms with Gasteiger partial charge in [0.15, 0.2) is 5.65 Å². The van der Waals surface area contributed by atoms with Crippen LogP contribution in [-0.2, 0) is 0 Å². The minimum absolute atomic E-state index is 0.310. The number of aromatic nitrogens is 5. The van der Waals surface area contributed by atoms with Crippen molar-refractivity contribution < 1.29 is 4.57 Å². The standard InChI is InChI=1S/C22H17ClN8/c1-12-14-11-15(18(23)26-20(14)31(29-12)13-7-3-2-4-8-13)19-27-21(24)28-22-25-16-9-5-6-10-17(16)30(19)22/h2-11,19H,1H3,(H3,24,25,27,28)/p+1/t19-/m0/s1. The summed E-state index contributed by atoms with van der Waals surface area (Å²) in [5.74, 6) is 1.05. The molecule has 0 radical (unpaired) electrons. The highest BCUT2D eigenvalue weighted by Crippen LogP contribution is 2.32. The number of imidazole rings is 1. The first kappa shape index (κ1) is 17.9. The number of halogens is 1. The fourth-order valence-corrected chi connectivity index (χ4v) is 4.33. The van der Waals surface area contributed by atoms with Crippen molar-refractivity contribution in [2.24, 2.45) is 10.7 Å². The zero-order valence-electron chi connectivity index (χ0n) is 16.5. The van der Waals surface area contributed by atoms with Crippen molar-refractivity contribution in [2.45, 2.75) is 13.1 Å². The number of aliphatic imine (C=N–C) groups is 1. The van der Waals surface area contributed by atoms with Crippen molar-refractivity contribution in [1.82, 2.24) is 19.7 Å². The Labute approximate surface area is 182 Å². The van der Waals surface area contributed by atoms with E-state index in [1.807, 2.05) is 76.8 Å². The van der Waals surface area contributed by atoms with Gasteiger partial charge < -0.3 is 5.73 Å². The number of nitrogens with one attached hydrogen (secondary N) is 2. The minimum Gasteiger partial charge on any atom is -0.357 e. The van der Waals surface area contributed by atoms with Gasteiger partial charge in [-0.3, -0.25) is 0 Å². The largest absolute Gasteiger partial charge is 0.365 e. The molecule has 3 aromatic heterocycles. The molecule has 0 saturated carbocycles. The topological polar surface area (TPSA) is 101 Å². The van der Waals surface area contributed by atoms with Crippen LogP contribution in [0, 0.1) is 6.92 Å². The maximum atomic E-state index is 6.73. The van der Waals surface area contributed by atoms with Crippen molar-refractivity contribution in [3.8, 4) is 5.69 Å². The van der Waals surface area contributed by atoms with Crippen molar-refractivity contribution in [3.05, 3.63) is 77.1 Å². The predicted octanol–water partition coefficient (Wildman–Crippen LogP) is 3.44. The quantitative estimate of drug-likeness (QED) is 0.295. The summed E-state index contributed by atoms with van der Waals surface area (Å²) < 4.78 is 3.85. The summed E-state index contributed by atoms with van der Waals surface area (Å²) in [6.07, 6.45) is -0.462. The normalized spacial score (nSPS) is 15.7. The summed E-state index contributed by atoms with van der Waals surface area (Å²) >= 11 is 6.73. The second-order valence-electron chi connectivity index (χ2n) is 7.45. The lowest BCUT2D eigenvalue weighted by atomic mass is 10.1. The van der Waals surface area contributed by atoms with Crippen molar-refractivity contribution in [2.75, 3.05) is 5.32 Å². The Bertz CT molecular complexity index is 1500. The van der Waals surface area contributed by atoms with Gasteiger partial charge in [-0.25, -0.2) is 24.5 Å². The first-order valence-electron chi connectivity index (χ1n) is 9.84. The van der Waals surface area contributed by atoms with E-state index in [1.165, 1.54) is 0 Å². The number of hydrogen-bond acceptors (Lipinski definition) is 5. The van der Waals surface area contributed by atoms with E-state index in [0.29, 0.717) is 16.8 Å². The number of aromatic amines is 1. The van der Waals surface area contributed by atoms with E-state index in [2.05, 4.69) is 15.3 Å². The van der Waals surface area contributed by atoms with Gasteiger partial charge in [-0.15, -0.1) is 0 Å². The Morgan fingerprint density at radius 3 is 2.71 bits per heavy atom. The van der Waals surface area contributed by atoms with Gasteiger partial charge >= 0.3 is 5.95 Å². The average Bonchev–Trinajstić information content (AvgIpc) is 3.30. The number of aryl methyl sites for hydroxylation is 1. The Morgan fingerprint density at radius 2 is 1.87 bits per heavy atom. The number of rotatable bonds is 2. The van der Waals surface area contributed by atoms with Crippen molar-refractivity contribution >= 4 is 45.6 Å². The van der Waals surface area contributed by atoms with Crippen LogP contribution in [0.4, 0.5) is 5.95 Å². The van der Waals surface area contributed by atoms with Crippen LogP contribution < -0.4 is 15.6 Å². The van der Waals surface area contributed by atoms with Crippen LogP contribution in [0.1, 0.15) is 17.4 Å². The molecule has 0 fully saturated rings. The van der Waals surface area contributed by atoms with Crippen LogP contribution in [0.15, 0.2) is 65.7 Å². The summed E-state index contributed by atoms with van der Waals surface area (Å²) in [7, 11) is 0. The number of pyridine rings is 1. The maximum Gasteiger partial charge on any atom is 0.365 e. The van der Waals surface area contributed by atoms with E-state index >= 15 is 0 Å². The van der Waals surface area contributed by atoms with Crippen LogP contribution in [0.25, 0.3) is 27.8 Å². The smallest absolute Gasteiger partial charge is 0.357 e. The number of guanidine groups is 1. The number of fused-ring (bicyclic) bond motifs is 4. The number of hydrogen-bond donors (Lipinski definition) is 3. The number of anilines is 1. The Balaban J connectivity index is 1.58. The van der Waals surface area contributed by atoms with Crippen molar-refractivity contribution in [1.29, 1.82) is 0 Å². The molecule has 0 spiro atoms. The molecule has 6 rings (SSSR count). The molecule has 0 bridgehead atoms. The molecule has 0 amide bonds. The van der Waals surface area contributed by atoms with Gasteiger partial charge in [0.05, 0.1) is 16.9 Å². The fourth-order valence-electron chi connectivity index (χ4n) is 4.10. The average molecular weight is 430 g/mol. The second-order valence-corrected chi connectivity index (χ2v) is 7.80. The van der Waals surface area contributed by atoms with E-state index in [-0.39, 0.29) is 0 Å². The Morgan fingerprint density at radius 1 is 1.10 bits per heavy atom. The first-order chi connectivity index (χ1) is 15.1. The van der Waals surface area contributed by atoms with Crippen LogP contribution in [0.3, 0.4) is 0 Å². The van der Waals surface area contributed by atoms with Crippen LogP contribution in [-0.4, -0.2) is 25.7 Å². The number of nitrogens with zero attached hydrogens (tertiary/aromatic N) is 5. The van der Waals surface area contributed by atoms with Crippen LogP contribution >= 0.6 is 11.6 Å². The third-order valence-electron chi connectivity index (χ3n) is 5.51. The van der Waals surface area contributed by atoms with E-state index in [9.17, 15) is 0 Å². The van der Waals surface area contributed by atoms with Gasteiger partial charge in [-0.1, -0.05) is 41.9 Å². The molecular formula is C22H18ClN8+. The van der Waals surface area contributed by atoms with E-state index < -0.39 is 6.17 Å². The lowest BCUT2D eigenvalue weighted by Crippen LogP contribution is -2.48. The molecule has 1 aliphatic heterocycles. The molecule has 9 heteroatoms. The SMILES string of the molecule is Cc1nn(-c2ccccc2)c2nc(Cl)c([C@H]3N=C(N)Nc4[nH]c5ccccc5[n+]43)cc12.